The summed E-state index contributed by atoms with van der Waals surface area (Å²) < 4.78 is 4.74. The Morgan fingerprint density at radius 3 is 2.33 bits per heavy atom. The van der Waals surface area contributed by atoms with Gasteiger partial charge in [-0.3, -0.25) is 9.59 Å². The van der Waals surface area contributed by atoms with E-state index in [0.29, 0.717) is 25.9 Å². The number of carbonyl (C=O) groups excluding carboxylic acids is 2. The summed E-state index contributed by atoms with van der Waals surface area (Å²) in [6.07, 6.45) is 1.42. The second kappa shape index (κ2) is 5.52. The van der Waals surface area contributed by atoms with Crippen molar-refractivity contribution in [3.63, 3.8) is 0 Å². The highest BCUT2D eigenvalue weighted by Crippen LogP contribution is 2.21. The Hall–Kier alpha value is -1.36. The highest BCUT2D eigenvalue weighted by molar-refractivity contribution is 5.94. The summed E-state index contributed by atoms with van der Waals surface area (Å²) >= 11 is 0. The molecule has 2 aliphatic heterocycles. The van der Waals surface area contributed by atoms with Gasteiger partial charge in [0.15, 0.2) is 0 Å². The van der Waals surface area contributed by atoms with E-state index in [-0.39, 0.29) is 17.8 Å². The van der Waals surface area contributed by atoms with E-state index in [0.717, 1.165) is 18.7 Å². The molecule has 0 atom stereocenters. The lowest BCUT2D eigenvalue weighted by Crippen LogP contribution is -2.43. The number of nitrogens with zero attached hydrogens (tertiary/aromatic N) is 1. The average molecular weight is 252 g/mol. The number of nitrogens with one attached hydrogen (secondary N) is 1. The van der Waals surface area contributed by atoms with E-state index in [1.807, 2.05) is 11.8 Å². The van der Waals surface area contributed by atoms with Crippen LogP contribution in [-0.4, -0.2) is 50.1 Å². The summed E-state index contributed by atoms with van der Waals surface area (Å²) in [6.45, 7) is 4.85. The van der Waals surface area contributed by atoms with Crippen LogP contribution in [0.3, 0.4) is 0 Å². The zero-order chi connectivity index (χ0) is 13.1. The number of hydrogen-bond acceptors (Lipinski definition) is 4. The molecule has 0 bridgehead atoms. The average Bonchev–Trinajstić information content (AvgIpc) is 2.35. The molecule has 2 fully saturated rings. The minimum absolute atomic E-state index is 0.0441. The highest BCUT2D eigenvalue weighted by atomic mass is 16.5. The Morgan fingerprint density at radius 2 is 1.89 bits per heavy atom. The monoisotopic (exact) mass is 252 g/mol. The third-order valence-corrected chi connectivity index (χ3v) is 3.84. The van der Waals surface area contributed by atoms with Crippen molar-refractivity contribution in [2.75, 3.05) is 33.3 Å². The predicted octanol–water partition coefficient (Wildman–Crippen LogP) is 0.318. The molecule has 0 aromatic rings. The molecule has 18 heavy (non-hydrogen) atoms. The molecule has 2 saturated heterocycles. The number of carbonyl (C=O) groups is 2. The van der Waals surface area contributed by atoms with Gasteiger partial charge in [0.25, 0.3) is 0 Å². The maximum atomic E-state index is 12.2. The van der Waals surface area contributed by atoms with Gasteiger partial charge in [0, 0.05) is 31.8 Å². The quantitative estimate of drug-likeness (QED) is 0.568. The SMILES string of the molecule is COC(=O)C1CCN(C(=O)C(C)=C2CNC2)CC1. The molecule has 0 radical (unpaired) electrons. The van der Waals surface area contributed by atoms with Crippen LogP contribution in [-0.2, 0) is 14.3 Å². The van der Waals surface area contributed by atoms with Crippen molar-refractivity contribution in [3.05, 3.63) is 11.1 Å². The first-order valence-corrected chi connectivity index (χ1v) is 6.40. The third kappa shape index (κ3) is 2.56. The second-order valence-corrected chi connectivity index (χ2v) is 4.92. The largest absolute Gasteiger partial charge is 0.469 e. The van der Waals surface area contributed by atoms with E-state index in [9.17, 15) is 9.59 Å². The second-order valence-electron chi connectivity index (χ2n) is 4.92. The molecule has 2 heterocycles. The van der Waals surface area contributed by atoms with Gasteiger partial charge in [-0.1, -0.05) is 0 Å². The molecule has 5 heteroatoms. The fourth-order valence-electron chi connectivity index (χ4n) is 2.39. The normalized spacial score (nSPS) is 20.3. The van der Waals surface area contributed by atoms with Crippen LogP contribution in [0.15, 0.2) is 11.1 Å². The summed E-state index contributed by atoms with van der Waals surface area (Å²) in [5.41, 5.74) is 2.07. The Morgan fingerprint density at radius 1 is 1.28 bits per heavy atom. The van der Waals surface area contributed by atoms with Crippen LogP contribution >= 0.6 is 0 Å². The van der Waals surface area contributed by atoms with Gasteiger partial charge in [-0.2, -0.15) is 0 Å². The highest BCUT2D eigenvalue weighted by Gasteiger charge is 2.29. The van der Waals surface area contributed by atoms with Gasteiger partial charge in [-0.05, 0) is 25.3 Å². The number of esters is 1. The van der Waals surface area contributed by atoms with E-state index in [1.54, 1.807) is 0 Å². The topological polar surface area (TPSA) is 58.6 Å². The van der Waals surface area contributed by atoms with Crippen molar-refractivity contribution in [1.29, 1.82) is 0 Å². The molecular weight excluding hydrogens is 232 g/mol. The number of methoxy groups -OCH3 is 1. The molecule has 0 aromatic carbocycles. The van der Waals surface area contributed by atoms with E-state index in [2.05, 4.69) is 5.32 Å². The van der Waals surface area contributed by atoms with Crippen LogP contribution in [0.1, 0.15) is 19.8 Å². The van der Waals surface area contributed by atoms with Crippen molar-refractivity contribution >= 4 is 11.9 Å². The lowest BCUT2D eigenvalue weighted by atomic mass is 9.95. The number of rotatable bonds is 2. The Kier molecular flexibility index (Phi) is 4.01. The van der Waals surface area contributed by atoms with E-state index < -0.39 is 0 Å². The van der Waals surface area contributed by atoms with Gasteiger partial charge in [-0.15, -0.1) is 0 Å². The van der Waals surface area contributed by atoms with E-state index in [1.165, 1.54) is 12.7 Å². The molecule has 5 nitrogen and oxygen atoms in total. The standard InChI is InChI=1S/C13H20N2O3/c1-9(11-7-14-8-11)12(16)15-5-3-10(4-6-15)13(17)18-2/h10,14H,3-8H2,1-2H3. The van der Waals surface area contributed by atoms with Crippen LogP contribution in [0.4, 0.5) is 0 Å². The molecular formula is C13H20N2O3. The molecule has 0 saturated carbocycles. The number of likely N-dealkylation sites (tertiary alicyclic amines) is 1. The molecule has 1 amide bonds. The number of amides is 1. The summed E-state index contributed by atoms with van der Waals surface area (Å²) in [4.78, 5) is 25.4. The zero-order valence-corrected chi connectivity index (χ0v) is 11.0. The summed E-state index contributed by atoms with van der Waals surface area (Å²) in [5.74, 6) is -0.0763. The van der Waals surface area contributed by atoms with Crippen molar-refractivity contribution in [2.24, 2.45) is 5.92 Å². The van der Waals surface area contributed by atoms with Crippen molar-refractivity contribution in [1.82, 2.24) is 10.2 Å². The first-order chi connectivity index (χ1) is 8.63. The van der Waals surface area contributed by atoms with Crippen LogP contribution in [0, 0.1) is 5.92 Å². The van der Waals surface area contributed by atoms with Gasteiger partial charge in [0.05, 0.1) is 13.0 Å². The number of hydrogen-bond donors (Lipinski definition) is 1. The Bertz CT molecular complexity index is 376. The van der Waals surface area contributed by atoms with Crippen molar-refractivity contribution in [3.8, 4) is 0 Å². The maximum absolute atomic E-state index is 12.2. The number of piperidine rings is 1. The van der Waals surface area contributed by atoms with Crippen LogP contribution in [0.5, 0.6) is 0 Å². The van der Waals surface area contributed by atoms with Gasteiger partial charge in [0.2, 0.25) is 5.91 Å². The van der Waals surface area contributed by atoms with Crippen molar-refractivity contribution in [2.45, 2.75) is 19.8 Å². The van der Waals surface area contributed by atoms with Crippen LogP contribution in [0.2, 0.25) is 0 Å². The molecule has 1 N–H and O–H groups in total. The van der Waals surface area contributed by atoms with E-state index >= 15 is 0 Å². The lowest BCUT2D eigenvalue weighted by Gasteiger charge is -2.32. The van der Waals surface area contributed by atoms with Gasteiger partial charge >= 0.3 is 5.97 Å². The predicted molar refractivity (Wildman–Crippen MR) is 66.9 cm³/mol. The molecule has 100 valence electrons. The summed E-state index contributed by atoms with van der Waals surface area (Å²) in [6, 6.07) is 0. The molecule has 0 unspecified atom stereocenters. The third-order valence-electron chi connectivity index (χ3n) is 3.84. The summed E-state index contributed by atoms with van der Waals surface area (Å²) in [5, 5.41) is 3.14. The first-order valence-electron chi connectivity index (χ1n) is 6.40. The number of ether oxygens (including phenoxy) is 1. The summed E-state index contributed by atoms with van der Waals surface area (Å²) in [7, 11) is 1.41. The molecule has 2 aliphatic rings. The van der Waals surface area contributed by atoms with Crippen molar-refractivity contribution < 1.29 is 14.3 Å². The minimum atomic E-state index is -0.152. The smallest absolute Gasteiger partial charge is 0.308 e. The first kappa shape index (κ1) is 13.1. The van der Waals surface area contributed by atoms with Gasteiger partial charge in [-0.25, -0.2) is 0 Å². The molecule has 0 aliphatic carbocycles. The minimum Gasteiger partial charge on any atom is -0.469 e. The Labute approximate surface area is 107 Å². The Balaban J connectivity index is 1.90. The molecule has 0 spiro atoms. The van der Waals surface area contributed by atoms with Gasteiger partial charge in [0.1, 0.15) is 0 Å². The van der Waals surface area contributed by atoms with Gasteiger partial charge < -0.3 is 15.0 Å². The lowest BCUT2D eigenvalue weighted by molar-refractivity contribution is -0.148. The fraction of sp³-hybridized carbons (Fsp3) is 0.692. The van der Waals surface area contributed by atoms with Crippen LogP contribution < -0.4 is 5.32 Å². The van der Waals surface area contributed by atoms with Crippen LogP contribution in [0.25, 0.3) is 0 Å². The molecule has 2 rings (SSSR count). The maximum Gasteiger partial charge on any atom is 0.308 e. The molecule has 0 aromatic heterocycles. The fourth-order valence-corrected chi connectivity index (χ4v) is 2.39. The zero-order valence-electron chi connectivity index (χ0n) is 11.0. The van der Waals surface area contributed by atoms with E-state index in [4.69, 9.17) is 4.74 Å².